The smallest absolute Gasteiger partial charge is 0.253 e. The summed E-state index contributed by atoms with van der Waals surface area (Å²) in [7, 11) is 1.68. The van der Waals surface area contributed by atoms with Gasteiger partial charge in [0.25, 0.3) is 5.91 Å². The molecule has 3 aromatic rings. The second-order valence-corrected chi connectivity index (χ2v) is 7.91. The molecule has 4 rings (SSSR count). The Labute approximate surface area is 176 Å². The standard InChI is InChI=1S/C25H26N2O3/c1-16-6-9-23(30-2)22(14-16)21-5-3-4-18-15-19(7-8-20(18)21)25(29)27-12-10-17(11-13-27)24(26)28/h3-9,14-15,17H,10-13H2,1-2H3,(H2,26,28). The Morgan fingerprint density at radius 1 is 1.00 bits per heavy atom. The van der Waals surface area contributed by atoms with E-state index in [1.807, 2.05) is 47.4 Å². The van der Waals surface area contributed by atoms with Crippen molar-refractivity contribution in [2.45, 2.75) is 19.8 Å². The highest BCUT2D eigenvalue weighted by molar-refractivity contribution is 6.03. The van der Waals surface area contributed by atoms with Crippen LogP contribution in [-0.2, 0) is 4.79 Å². The minimum Gasteiger partial charge on any atom is -0.496 e. The molecule has 2 N–H and O–H groups in total. The van der Waals surface area contributed by atoms with Crippen LogP contribution >= 0.6 is 0 Å². The fraction of sp³-hybridized carbons (Fsp3) is 0.280. The Morgan fingerprint density at radius 2 is 1.77 bits per heavy atom. The summed E-state index contributed by atoms with van der Waals surface area (Å²) in [5.74, 6) is 0.424. The zero-order chi connectivity index (χ0) is 21.3. The van der Waals surface area contributed by atoms with E-state index in [1.54, 1.807) is 7.11 Å². The Bertz CT molecular complexity index is 1110. The number of amides is 2. The number of methoxy groups -OCH3 is 1. The van der Waals surface area contributed by atoms with Crippen molar-refractivity contribution < 1.29 is 14.3 Å². The predicted octanol–water partition coefficient (Wildman–Crippen LogP) is 4.16. The molecule has 0 saturated carbocycles. The maximum atomic E-state index is 13.0. The monoisotopic (exact) mass is 402 g/mol. The number of carbonyl (C=O) groups excluding carboxylic acids is 2. The van der Waals surface area contributed by atoms with Crippen LogP contribution in [-0.4, -0.2) is 36.9 Å². The number of rotatable bonds is 4. The molecule has 1 aliphatic rings. The number of benzene rings is 3. The van der Waals surface area contributed by atoms with Gasteiger partial charge in [0.05, 0.1) is 7.11 Å². The van der Waals surface area contributed by atoms with Gasteiger partial charge in [-0.3, -0.25) is 9.59 Å². The summed E-state index contributed by atoms with van der Waals surface area (Å²) in [5.41, 5.74) is 9.34. The lowest BCUT2D eigenvalue weighted by Crippen LogP contribution is -2.41. The first-order chi connectivity index (χ1) is 14.5. The van der Waals surface area contributed by atoms with E-state index in [0.29, 0.717) is 31.5 Å². The highest BCUT2D eigenvalue weighted by atomic mass is 16.5. The Kier molecular flexibility index (Phi) is 5.44. The normalized spacial score (nSPS) is 14.7. The molecule has 1 aliphatic heterocycles. The molecule has 0 bridgehead atoms. The van der Waals surface area contributed by atoms with Crippen LogP contribution in [0, 0.1) is 12.8 Å². The van der Waals surface area contributed by atoms with Gasteiger partial charge in [0.1, 0.15) is 5.75 Å². The number of aryl methyl sites for hydroxylation is 1. The molecule has 154 valence electrons. The SMILES string of the molecule is COc1ccc(C)cc1-c1cccc2cc(C(=O)N3CCC(C(N)=O)CC3)ccc12. The van der Waals surface area contributed by atoms with Gasteiger partial charge in [-0.1, -0.05) is 35.9 Å². The first-order valence-electron chi connectivity index (χ1n) is 10.2. The van der Waals surface area contributed by atoms with Crippen LogP contribution in [0.5, 0.6) is 5.75 Å². The van der Waals surface area contributed by atoms with Gasteiger partial charge in [-0.25, -0.2) is 0 Å². The van der Waals surface area contributed by atoms with Crippen molar-refractivity contribution in [2.75, 3.05) is 20.2 Å². The van der Waals surface area contributed by atoms with Crippen molar-refractivity contribution in [1.82, 2.24) is 4.90 Å². The van der Waals surface area contributed by atoms with Crippen molar-refractivity contribution in [3.8, 4) is 16.9 Å². The molecule has 1 heterocycles. The molecular formula is C25H26N2O3. The Balaban J connectivity index is 1.66. The van der Waals surface area contributed by atoms with Crippen LogP contribution in [0.25, 0.3) is 21.9 Å². The van der Waals surface area contributed by atoms with Gasteiger partial charge in [0.2, 0.25) is 5.91 Å². The molecule has 0 spiro atoms. The molecule has 5 heteroatoms. The lowest BCUT2D eigenvalue weighted by molar-refractivity contribution is -0.123. The number of primary amides is 1. The van der Waals surface area contributed by atoms with E-state index in [-0.39, 0.29) is 17.7 Å². The highest BCUT2D eigenvalue weighted by Crippen LogP contribution is 2.36. The van der Waals surface area contributed by atoms with Crippen molar-refractivity contribution in [1.29, 1.82) is 0 Å². The second-order valence-electron chi connectivity index (χ2n) is 7.91. The maximum Gasteiger partial charge on any atom is 0.253 e. The minimum absolute atomic E-state index is 0.00152. The lowest BCUT2D eigenvalue weighted by Gasteiger charge is -2.30. The molecule has 0 unspecified atom stereocenters. The lowest BCUT2D eigenvalue weighted by atomic mass is 9.94. The first-order valence-corrected chi connectivity index (χ1v) is 10.2. The number of piperidine rings is 1. The third kappa shape index (κ3) is 3.75. The van der Waals surface area contributed by atoms with Gasteiger partial charge in [-0.05, 0) is 60.4 Å². The molecule has 0 radical (unpaired) electrons. The van der Waals surface area contributed by atoms with Crippen molar-refractivity contribution in [2.24, 2.45) is 11.7 Å². The molecular weight excluding hydrogens is 376 g/mol. The van der Waals surface area contributed by atoms with Crippen LogP contribution < -0.4 is 10.5 Å². The summed E-state index contributed by atoms with van der Waals surface area (Å²) < 4.78 is 5.58. The molecule has 30 heavy (non-hydrogen) atoms. The van der Waals surface area contributed by atoms with E-state index in [2.05, 4.69) is 19.1 Å². The van der Waals surface area contributed by atoms with Crippen LogP contribution in [0.15, 0.2) is 54.6 Å². The van der Waals surface area contributed by atoms with Crippen LogP contribution in [0.3, 0.4) is 0 Å². The number of likely N-dealkylation sites (tertiary alicyclic amines) is 1. The van der Waals surface area contributed by atoms with Crippen LogP contribution in [0.4, 0.5) is 0 Å². The van der Waals surface area contributed by atoms with E-state index >= 15 is 0 Å². The fourth-order valence-electron chi connectivity index (χ4n) is 4.23. The summed E-state index contributed by atoms with van der Waals surface area (Å²) in [6.07, 6.45) is 1.26. The molecule has 5 nitrogen and oxygen atoms in total. The van der Waals surface area contributed by atoms with Gasteiger partial charge in [-0.2, -0.15) is 0 Å². The average Bonchev–Trinajstić information content (AvgIpc) is 2.77. The van der Waals surface area contributed by atoms with E-state index in [9.17, 15) is 9.59 Å². The van der Waals surface area contributed by atoms with Gasteiger partial charge in [-0.15, -0.1) is 0 Å². The van der Waals surface area contributed by atoms with E-state index < -0.39 is 0 Å². The van der Waals surface area contributed by atoms with E-state index in [1.165, 1.54) is 0 Å². The van der Waals surface area contributed by atoms with Crippen LogP contribution in [0.2, 0.25) is 0 Å². The van der Waals surface area contributed by atoms with Crippen LogP contribution in [0.1, 0.15) is 28.8 Å². The Morgan fingerprint density at radius 3 is 2.47 bits per heavy atom. The van der Waals surface area contributed by atoms with Gasteiger partial charge in [0.15, 0.2) is 0 Å². The van der Waals surface area contributed by atoms with Gasteiger partial charge < -0.3 is 15.4 Å². The quantitative estimate of drug-likeness (QED) is 0.712. The third-order valence-electron chi connectivity index (χ3n) is 5.96. The zero-order valence-corrected chi connectivity index (χ0v) is 17.4. The number of nitrogens with two attached hydrogens (primary N) is 1. The summed E-state index contributed by atoms with van der Waals surface area (Å²) in [6.45, 7) is 3.18. The second kappa shape index (κ2) is 8.19. The number of ether oxygens (including phenoxy) is 1. The zero-order valence-electron chi connectivity index (χ0n) is 17.4. The van der Waals surface area contributed by atoms with Gasteiger partial charge >= 0.3 is 0 Å². The fourth-order valence-corrected chi connectivity index (χ4v) is 4.23. The summed E-state index contributed by atoms with van der Waals surface area (Å²) in [5, 5.41) is 2.08. The molecule has 2 amide bonds. The van der Waals surface area contributed by atoms with Crippen molar-refractivity contribution in [3.05, 3.63) is 65.7 Å². The summed E-state index contributed by atoms with van der Waals surface area (Å²) in [4.78, 5) is 26.2. The number of carbonyl (C=O) groups is 2. The molecule has 0 aromatic heterocycles. The number of nitrogens with zero attached hydrogens (tertiary/aromatic N) is 1. The molecule has 0 atom stereocenters. The highest BCUT2D eigenvalue weighted by Gasteiger charge is 2.26. The molecule has 3 aromatic carbocycles. The third-order valence-corrected chi connectivity index (χ3v) is 5.96. The van der Waals surface area contributed by atoms with Gasteiger partial charge in [0, 0.05) is 30.1 Å². The first kappa shape index (κ1) is 20.0. The summed E-state index contributed by atoms with van der Waals surface area (Å²) >= 11 is 0. The molecule has 0 aliphatic carbocycles. The Hall–Kier alpha value is -3.34. The topological polar surface area (TPSA) is 72.6 Å². The number of hydrogen-bond donors (Lipinski definition) is 1. The van der Waals surface area contributed by atoms with Crippen molar-refractivity contribution in [3.63, 3.8) is 0 Å². The number of fused-ring (bicyclic) bond motifs is 1. The molecule has 1 fully saturated rings. The maximum absolute atomic E-state index is 13.0. The molecule has 1 saturated heterocycles. The van der Waals surface area contributed by atoms with E-state index in [0.717, 1.165) is 33.2 Å². The minimum atomic E-state index is -0.271. The summed E-state index contributed by atoms with van der Waals surface area (Å²) in [6, 6.07) is 18.1. The predicted molar refractivity (Wildman–Crippen MR) is 118 cm³/mol. The van der Waals surface area contributed by atoms with Crippen molar-refractivity contribution >= 4 is 22.6 Å². The average molecular weight is 402 g/mol. The van der Waals surface area contributed by atoms with E-state index in [4.69, 9.17) is 10.5 Å². The largest absolute Gasteiger partial charge is 0.496 e. The number of hydrogen-bond acceptors (Lipinski definition) is 3.